The molecule has 0 aliphatic carbocycles. The molecule has 0 atom stereocenters. The van der Waals surface area contributed by atoms with Gasteiger partial charge < -0.3 is 19.7 Å². The van der Waals surface area contributed by atoms with Crippen LogP contribution >= 0.6 is 11.6 Å². The number of piperidine rings is 1. The summed E-state index contributed by atoms with van der Waals surface area (Å²) in [4.78, 5) is 14.0. The van der Waals surface area contributed by atoms with Gasteiger partial charge in [0.2, 0.25) is 5.91 Å². The van der Waals surface area contributed by atoms with Gasteiger partial charge in [-0.15, -0.1) is 0 Å². The zero-order valence-electron chi connectivity index (χ0n) is 25.2. The largest absolute Gasteiger partial charge is 0.488 e. The second kappa shape index (κ2) is 14.0. The third-order valence-corrected chi connectivity index (χ3v) is 8.52. The summed E-state index contributed by atoms with van der Waals surface area (Å²) < 4.78 is 18.5. The highest BCUT2D eigenvalue weighted by Gasteiger charge is 2.25. The summed E-state index contributed by atoms with van der Waals surface area (Å²) in [5.41, 5.74) is 12.1. The summed E-state index contributed by atoms with van der Waals surface area (Å²) in [6, 6.07) is 32.0. The number of nitrogens with zero attached hydrogens (tertiary/aromatic N) is 2. The van der Waals surface area contributed by atoms with Crippen molar-refractivity contribution in [1.82, 2.24) is 10.1 Å². The SMILES string of the molecule is Cc1noc(-c2cc(Cl)c(OCc3ccccc3)cc2OCc2ccccc2)c1-c1cccc(CN2CCC(C(N)=O)CC2)c1. The van der Waals surface area contributed by atoms with Gasteiger partial charge in [0.25, 0.3) is 0 Å². The molecule has 8 heteroatoms. The molecular weight excluding hydrogens is 586 g/mol. The number of benzene rings is 4. The molecule has 1 amide bonds. The van der Waals surface area contributed by atoms with Gasteiger partial charge >= 0.3 is 0 Å². The van der Waals surface area contributed by atoms with E-state index in [-0.39, 0.29) is 11.8 Å². The maximum absolute atomic E-state index is 11.6. The number of aromatic nitrogens is 1. The molecule has 230 valence electrons. The van der Waals surface area contributed by atoms with Crippen molar-refractivity contribution in [3.63, 3.8) is 0 Å². The minimum Gasteiger partial charge on any atom is -0.488 e. The molecule has 0 spiro atoms. The number of halogens is 1. The molecule has 4 aromatic carbocycles. The lowest BCUT2D eigenvalue weighted by molar-refractivity contribution is -0.123. The van der Waals surface area contributed by atoms with Gasteiger partial charge in [0, 0.05) is 18.5 Å². The molecule has 2 heterocycles. The van der Waals surface area contributed by atoms with Gasteiger partial charge in [0.05, 0.1) is 21.8 Å². The predicted octanol–water partition coefficient (Wildman–Crippen LogP) is 7.83. The van der Waals surface area contributed by atoms with Crippen molar-refractivity contribution in [3.8, 4) is 33.9 Å². The van der Waals surface area contributed by atoms with Crippen molar-refractivity contribution in [2.75, 3.05) is 13.1 Å². The molecule has 7 nitrogen and oxygen atoms in total. The number of nitrogens with two attached hydrogens (primary N) is 1. The Bertz CT molecular complexity index is 1750. The molecule has 2 N–H and O–H groups in total. The Morgan fingerprint density at radius 2 is 1.49 bits per heavy atom. The van der Waals surface area contributed by atoms with E-state index < -0.39 is 0 Å². The van der Waals surface area contributed by atoms with Gasteiger partial charge in [-0.05, 0) is 67.2 Å². The second-order valence-corrected chi connectivity index (χ2v) is 11.9. The number of primary amides is 1. The number of hydrogen-bond donors (Lipinski definition) is 1. The van der Waals surface area contributed by atoms with Crippen LogP contribution in [-0.4, -0.2) is 29.1 Å². The third kappa shape index (κ3) is 7.39. The van der Waals surface area contributed by atoms with E-state index >= 15 is 0 Å². The van der Waals surface area contributed by atoms with Crippen molar-refractivity contribution in [3.05, 3.63) is 124 Å². The minimum atomic E-state index is -0.199. The van der Waals surface area contributed by atoms with Gasteiger partial charge in [-0.25, -0.2) is 0 Å². The Morgan fingerprint density at radius 3 is 2.13 bits per heavy atom. The van der Waals surface area contributed by atoms with Gasteiger partial charge in [-0.1, -0.05) is 95.6 Å². The fourth-order valence-corrected chi connectivity index (χ4v) is 5.98. The van der Waals surface area contributed by atoms with Crippen molar-refractivity contribution in [2.24, 2.45) is 11.7 Å². The number of hydrogen-bond acceptors (Lipinski definition) is 6. The summed E-state index contributed by atoms with van der Waals surface area (Å²) in [5.74, 6) is 1.45. The fourth-order valence-electron chi connectivity index (χ4n) is 5.77. The van der Waals surface area contributed by atoms with E-state index in [1.165, 1.54) is 5.56 Å². The highest BCUT2D eigenvalue weighted by molar-refractivity contribution is 6.32. The molecule has 5 aromatic rings. The lowest BCUT2D eigenvalue weighted by Gasteiger charge is -2.30. The van der Waals surface area contributed by atoms with Gasteiger partial charge in [-0.2, -0.15) is 0 Å². The number of likely N-dealkylation sites (tertiary alicyclic amines) is 1. The van der Waals surface area contributed by atoms with Crippen molar-refractivity contribution in [1.29, 1.82) is 0 Å². The Morgan fingerprint density at radius 1 is 0.867 bits per heavy atom. The quantitative estimate of drug-likeness (QED) is 0.162. The van der Waals surface area contributed by atoms with Crippen LogP contribution in [0.15, 0.2) is 102 Å². The zero-order valence-corrected chi connectivity index (χ0v) is 26.0. The Balaban J connectivity index is 1.30. The molecule has 0 radical (unpaired) electrons. The van der Waals surface area contributed by atoms with Crippen LogP contribution in [0, 0.1) is 12.8 Å². The molecule has 1 aromatic heterocycles. The maximum Gasteiger partial charge on any atom is 0.220 e. The first-order valence-corrected chi connectivity index (χ1v) is 15.6. The fraction of sp³-hybridized carbons (Fsp3) is 0.243. The number of carbonyl (C=O) groups is 1. The lowest BCUT2D eigenvalue weighted by Crippen LogP contribution is -2.38. The average molecular weight is 622 g/mol. The van der Waals surface area contributed by atoms with Crippen LogP contribution in [0.4, 0.5) is 0 Å². The normalized spacial score (nSPS) is 13.9. The smallest absolute Gasteiger partial charge is 0.220 e. The molecule has 0 unspecified atom stereocenters. The molecule has 45 heavy (non-hydrogen) atoms. The van der Waals surface area contributed by atoms with E-state index in [2.05, 4.69) is 34.3 Å². The monoisotopic (exact) mass is 621 g/mol. The van der Waals surface area contributed by atoms with Crippen molar-refractivity contribution in [2.45, 2.75) is 39.5 Å². The molecule has 0 bridgehead atoms. The highest BCUT2D eigenvalue weighted by atomic mass is 35.5. The molecule has 1 aliphatic rings. The maximum atomic E-state index is 11.6. The Hall–Kier alpha value is -4.59. The number of amides is 1. The highest BCUT2D eigenvalue weighted by Crippen LogP contribution is 2.44. The molecule has 6 rings (SSSR count). The summed E-state index contributed by atoms with van der Waals surface area (Å²) >= 11 is 6.83. The van der Waals surface area contributed by atoms with Crippen LogP contribution < -0.4 is 15.2 Å². The molecule has 1 saturated heterocycles. The van der Waals surface area contributed by atoms with Crippen LogP contribution in [-0.2, 0) is 24.6 Å². The van der Waals surface area contributed by atoms with Crippen LogP contribution in [0.25, 0.3) is 22.5 Å². The topological polar surface area (TPSA) is 90.8 Å². The summed E-state index contributed by atoms with van der Waals surface area (Å²) in [6.07, 6.45) is 1.59. The first kappa shape index (κ1) is 30.4. The molecule has 1 aliphatic heterocycles. The van der Waals surface area contributed by atoms with E-state index in [0.29, 0.717) is 41.1 Å². The van der Waals surface area contributed by atoms with Crippen LogP contribution in [0.2, 0.25) is 5.02 Å². The lowest BCUT2D eigenvalue weighted by atomic mass is 9.95. The summed E-state index contributed by atoms with van der Waals surface area (Å²) in [7, 11) is 0. The van der Waals surface area contributed by atoms with Crippen LogP contribution in [0.3, 0.4) is 0 Å². The predicted molar refractivity (Wildman–Crippen MR) is 176 cm³/mol. The molecule has 0 saturated carbocycles. The van der Waals surface area contributed by atoms with Crippen molar-refractivity contribution >= 4 is 17.5 Å². The summed E-state index contributed by atoms with van der Waals surface area (Å²) in [6.45, 7) is 5.13. The number of ether oxygens (including phenoxy) is 2. The second-order valence-electron chi connectivity index (χ2n) is 11.5. The number of aryl methyl sites for hydroxylation is 1. The van der Waals surface area contributed by atoms with Gasteiger partial charge in [0.15, 0.2) is 5.76 Å². The van der Waals surface area contributed by atoms with Crippen LogP contribution in [0.1, 0.15) is 35.2 Å². The van der Waals surface area contributed by atoms with E-state index in [1.54, 1.807) is 0 Å². The zero-order chi connectivity index (χ0) is 31.2. The Labute approximate surface area is 268 Å². The van der Waals surface area contributed by atoms with Crippen molar-refractivity contribution < 1.29 is 18.8 Å². The molecular formula is C37H36ClN3O4. The summed E-state index contributed by atoms with van der Waals surface area (Å²) in [5, 5.41) is 4.81. The third-order valence-electron chi connectivity index (χ3n) is 8.23. The van der Waals surface area contributed by atoms with Crippen LogP contribution in [0.5, 0.6) is 11.5 Å². The first-order chi connectivity index (χ1) is 21.9. The standard InChI is InChI=1S/C37H36ClN3O4/c1-25-35(30-14-8-13-28(19-30)22-41-17-15-29(16-18-41)37(39)42)36(45-40-25)31-20-32(38)34(44-24-27-11-6-3-7-12-27)21-33(31)43-23-26-9-4-2-5-10-26/h2-14,19-21,29H,15-18,22-24H2,1H3,(H2,39,42). The average Bonchev–Trinajstić information content (AvgIpc) is 3.45. The Kier molecular flexibility index (Phi) is 9.48. The number of carbonyl (C=O) groups excluding carboxylic acids is 1. The minimum absolute atomic E-state index is 0.0324. The van der Waals surface area contributed by atoms with E-state index in [9.17, 15) is 4.79 Å². The van der Waals surface area contributed by atoms with E-state index in [4.69, 9.17) is 31.3 Å². The van der Waals surface area contributed by atoms with Gasteiger partial charge in [0.1, 0.15) is 24.7 Å². The van der Waals surface area contributed by atoms with Gasteiger partial charge in [-0.3, -0.25) is 9.69 Å². The van der Waals surface area contributed by atoms with E-state index in [1.807, 2.05) is 79.7 Å². The van der Waals surface area contributed by atoms with E-state index in [0.717, 1.165) is 60.4 Å². The number of rotatable bonds is 11. The molecule has 1 fully saturated rings. The first-order valence-electron chi connectivity index (χ1n) is 15.2.